The summed E-state index contributed by atoms with van der Waals surface area (Å²) in [6.45, 7) is -0.223. The normalized spacial score (nSPS) is 10.3. The van der Waals surface area contributed by atoms with Gasteiger partial charge in [-0.1, -0.05) is 29.5 Å². The van der Waals surface area contributed by atoms with E-state index in [2.05, 4.69) is 20.9 Å². The van der Waals surface area contributed by atoms with Gasteiger partial charge in [-0.3, -0.25) is 9.59 Å². The van der Waals surface area contributed by atoms with Crippen molar-refractivity contribution in [2.45, 2.75) is 6.54 Å². The Morgan fingerprint density at radius 3 is 2.10 bits per heavy atom. The van der Waals surface area contributed by atoms with Gasteiger partial charge in [-0.25, -0.2) is 4.68 Å². The Hall–Kier alpha value is -4.08. The number of para-hydroxylation sites is 4. The van der Waals surface area contributed by atoms with Crippen LogP contribution in [-0.2, 0) is 11.3 Å². The van der Waals surface area contributed by atoms with Crippen molar-refractivity contribution in [3.05, 3.63) is 54.2 Å². The smallest absolute Gasteiger partial charge is 0.280 e. The largest absolute Gasteiger partial charge is 0.495 e. The summed E-state index contributed by atoms with van der Waals surface area (Å²) in [5.74, 6) is 0.00559. The molecule has 1 heterocycles. The average molecular weight is 396 g/mol. The minimum Gasteiger partial charge on any atom is -0.495 e. The number of nitrogen functional groups attached to an aromatic ring is 1. The molecule has 0 aliphatic carbocycles. The third-order valence-electron chi connectivity index (χ3n) is 4.02. The highest BCUT2D eigenvalue weighted by Crippen LogP contribution is 2.25. The summed E-state index contributed by atoms with van der Waals surface area (Å²) < 4.78 is 11.5. The first kappa shape index (κ1) is 19.7. The zero-order valence-corrected chi connectivity index (χ0v) is 15.9. The minimum absolute atomic E-state index is 0.0347. The van der Waals surface area contributed by atoms with E-state index in [1.807, 2.05) is 0 Å². The van der Waals surface area contributed by atoms with Crippen molar-refractivity contribution >= 4 is 29.0 Å². The van der Waals surface area contributed by atoms with Gasteiger partial charge in [-0.2, -0.15) is 0 Å². The lowest BCUT2D eigenvalue weighted by atomic mass is 10.2. The molecule has 0 radical (unpaired) electrons. The van der Waals surface area contributed by atoms with E-state index in [-0.39, 0.29) is 18.1 Å². The van der Waals surface area contributed by atoms with Gasteiger partial charge in [0.15, 0.2) is 11.5 Å². The van der Waals surface area contributed by atoms with Crippen molar-refractivity contribution in [1.29, 1.82) is 0 Å². The summed E-state index contributed by atoms with van der Waals surface area (Å²) in [7, 11) is 3.00. The van der Waals surface area contributed by atoms with Gasteiger partial charge in [0.05, 0.1) is 25.6 Å². The number of hydrogen-bond acceptors (Lipinski definition) is 7. The van der Waals surface area contributed by atoms with Crippen LogP contribution in [0.1, 0.15) is 10.5 Å². The van der Waals surface area contributed by atoms with E-state index < -0.39 is 11.8 Å². The Morgan fingerprint density at radius 1 is 0.966 bits per heavy atom. The molecule has 0 fully saturated rings. The van der Waals surface area contributed by atoms with Gasteiger partial charge in [-0.05, 0) is 24.3 Å². The molecular weight excluding hydrogens is 376 g/mol. The Labute approximate surface area is 166 Å². The number of ether oxygens (including phenoxy) is 2. The molecule has 0 saturated heterocycles. The molecule has 10 heteroatoms. The minimum atomic E-state index is -0.566. The number of rotatable bonds is 7. The van der Waals surface area contributed by atoms with Crippen molar-refractivity contribution in [1.82, 2.24) is 15.0 Å². The Balaban J connectivity index is 1.70. The summed E-state index contributed by atoms with van der Waals surface area (Å²) in [6.07, 6.45) is 0. The van der Waals surface area contributed by atoms with Crippen LogP contribution < -0.4 is 25.8 Å². The first-order valence-electron chi connectivity index (χ1n) is 8.59. The molecule has 150 valence electrons. The molecule has 0 unspecified atom stereocenters. The third kappa shape index (κ3) is 4.43. The maximum atomic E-state index is 12.5. The molecule has 3 rings (SSSR count). The van der Waals surface area contributed by atoms with Crippen LogP contribution in [0.15, 0.2) is 48.5 Å². The number of amides is 2. The summed E-state index contributed by atoms with van der Waals surface area (Å²) >= 11 is 0. The molecule has 0 saturated carbocycles. The highest BCUT2D eigenvalue weighted by Gasteiger charge is 2.20. The van der Waals surface area contributed by atoms with Crippen LogP contribution in [-0.4, -0.2) is 41.0 Å². The fourth-order valence-corrected chi connectivity index (χ4v) is 2.60. The number of carbonyl (C=O) groups excluding carboxylic acids is 2. The Bertz CT molecular complexity index is 1030. The molecule has 1 aromatic heterocycles. The van der Waals surface area contributed by atoms with Crippen LogP contribution in [0.3, 0.4) is 0 Å². The van der Waals surface area contributed by atoms with Crippen LogP contribution in [0, 0.1) is 0 Å². The van der Waals surface area contributed by atoms with Gasteiger partial charge in [-0.15, -0.1) is 5.10 Å². The van der Waals surface area contributed by atoms with Crippen molar-refractivity contribution < 1.29 is 19.1 Å². The van der Waals surface area contributed by atoms with E-state index in [1.54, 1.807) is 48.5 Å². The first-order valence-corrected chi connectivity index (χ1v) is 8.59. The SMILES string of the molecule is COc1ccccc1NC(=O)Cn1nnc(C(=O)Nc2ccccc2OC)c1N. The quantitative estimate of drug-likeness (QED) is 0.554. The topological polar surface area (TPSA) is 133 Å². The van der Waals surface area contributed by atoms with E-state index in [1.165, 1.54) is 14.2 Å². The zero-order valence-electron chi connectivity index (χ0n) is 15.9. The van der Waals surface area contributed by atoms with Crippen LogP contribution in [0.4, 0.5) is 17.2 Å². The summed E-state index contributed by atoms with van der Waals surface area (Å²) in [5.41, 5.74) is 6.84. The molecule has 0 spiro atoms. The summed E-state index contributed by atoms with van der Waals surface area (Å²) in [6, 6.07) is 13.9. The van der Waals surface area contributed by atoms with E-state index >= 15 is 0 Å². The predicted octanol–water partition coefficient (Wildman–Crippen LogP) is 1.77. The molecule has 0 bridgehead atoms. The van der Waals surface area contributed by atoms with E-state index in [0.717, 1.165) is 4.68 Å². The number of carbonyl (C=O) groups is 2. The highest BCUT2D eigenvalue weighted by atomic mass is 16.5. The number of nitrogens with one attached hydrogen (secondary N) is 2. The second-order valence-corrected chi connectivity index (χ2v) is 5.88. The summed E-state index contributed by atoms with van der Waals surface area (Å²) in [4.78, 5) is 24.8. The third-order valence-corrected chi connectivity index (χ3v) is 4.02. The molecular formula is C19H20N6O4. The highest BCUT2D eigenvalue weighted by molar-refractivity contribution is 6.06. The lowest BCUT2D eigenvalue weighted by Crippen LogP contribution is -2.21. The van der Waals surface area contributed by atoms with Gasteiger partial charge in [0, 0.05) is 0 Å². The van der Waals surface area contributed by atoms with E-state index in [0.29, 0.717) is 22.9 Å². The number of benzene rings is 2. The first-order chi connectivity index (χ1) is 14.0. The maximum Gasteiger partial charge on any atom is 0.280 e. The number of anilines is 3. The Kier molecular flexibility index (Phi) is 5.93. The molecule has 10 nitrogen and oxygen atoms in total. The number of nitrogens with two attached hydrogens (primary N) is 1. The lowest BCUT2D eigenvalue weighted by molar-refractivity contribution is -0.116. The average Bonchev–Trinajstić information content (AvgIpc) is 3.09. The molecule has 0 aliphatic heterocycles. The standard InChI is InChI=1S/C19H20N6O4/c1-28-14-9-5-3-7-12(14)21-16(26)11-25-18(20)17(23-24-25)19(27)22-13-8-4-6-10-15(13)29-2/h3-10H,11,20H2,1-2H3,(H,21,26)(H,22,27). The van der Waals surface area contributed by atoms with Crippen LogP contribution in [0.2, 0.25) is 0 Å². The number of nitrogens with zero attached hydrogens (tertiary/aromatic N) is 3. The number of hydrogen-bond donors (Lipinski definition) is 3. The van der Waals surface area contributed by atoms with Gasteiger partial charge >= 0.3 is 0 Å². The van der Waals surface area contributed by atoms with Crippen molar-refractivity contribution in [2.75, 3.05) is 30.6 Å². The van der Waals surface area contributed by atoms with Crippen molar-refractivity contribution in [3.8, 4) is 11.5 Å². The van der Waals surface area contributed by atoms with E-state index in [4.69, 9.17) is 15.2 Å². The van der Waals surface area contributed by atoms with E-state index in [9.17, 15) is 9.59 Å². The fraction of sp³-hybridized carbons (Fsp3) is 0.158. The monoisotopic (exact) mass is 396 g/mol. The molecule has 0 aliphatic rings. The molecule has 4 N–H and O–H groups in total. The fourth-order valence-electron chi connectivity index (χ4n) is 2.60. The van der Waals surface area contributed by atoms with Crippen LogP contribution in [0.5, 0.6) is 11.5 Å². The second kappa shape index (κ2) is 8.74. The van der Waals surface area contributed by atoms with Gasteiger partial charge < -0.3 is 25.8 Å². The predicted molar refractivity (Wildman–Crippen MR) is 107 cm³/mol. The van der Waals surface area contributed by atoms with Crippen molar-refractivity contribution in [2.24, 2.45) is 0 Å². The molecule has 0 atom stereocenters. The molecule has 2 aromatic carbocycles. The number of aromatic nitrogens is 3. The number of methoxy groups -OCH3 is 2. The maximum absolute atomic E-state index is 12.5. The Morgan fingerprint density at radius 2 is 1.52 bits per heavy atom. The summed E-state index contributed by atoms with van der Waals surface area (Å²) in [5, 5.41) is 13.0. The van der Waals surface area contributed by atoms with Crippen LogP contribution >= 0.6 is 0 Å². The van der Waals surface area contributed by atoms with Gasteiger partial charge in [0.25, 0.3) is 5.91 Å². The van der Waals surface area contributed by atoms with Gasteiger partial charge in [0.2, 0.25) is 5.91 Å². The van der Waals surface area contributed by atoms with Crippen LogP contribution in [0.25, 0.3) is 0 Å². The molecule has 3 aromatic rings. The lowest BCUT2D eigenvalue weighted by Gasteiger charge is -2.10. The van der Waals surface area contributed by atoms with Gasteiger partial charge in [0.1, 0.15) is 18.0 Å². The molecule has 2 amide bonds. The zero-order chi connectivity index (χ0) is 20.8. The van der Waals surface area contributed by atoms with Crippen molar-refractivity contribution in [3.63, 3.8) is 0 Å². The second-order valence-electron chi connectivity index (χ2n) is 5.88. The molecule has 29 heavy (non-hydrogen) atoms.